The minimum atomic E-state index is -4.60. The second-order valence-electron chi connectivity index (χ2n) is 3.24. The monoisotopic (exact) mass is 269 g/mol. The van der Waals surface area contributed by atoms with Crippen molar-refractivity contribution in [2.45, 2.75) is 13.1 Å². The molecule has 0 heterocycles. The lowest BCUT2D eigenvalue weighted by atomic mass is 10.2. The van der Waals surface area contributed by atoms with Crippen LogP contribution in [-0.2, 0) is 16.2 Å². The maximum absolute atomic E-state index is 12.4. The molecule has 96 valence electrons. The highest BCUT2D eigenvalue weighted by Gasteiger charge is 2.31. The number of aromatic hydroxyl groups is 1. The highest BCUT2D eigenvalue weighted by Crippen LogP contribution is 2.34. The van der Waals surface area contributed by atoms with Gasteiger partial charge in [-0.15, -0.1) is 0 Å². The SMILES string of the molecule is CCS(=O)(=O)Nc1cc(C(F)(F)F)ccc1O. The molecule has 0 aromatic heterocycles. The smallest absolute Gasteiger partial charge is 0.416 e. The minimum Gasteiger partial charge on any atom is -0.506 e. The predicted octanol–water partition coefficient (Wildman–Crippen LogP) is 2.17. The van der Waals surface area contributed by atoms with Gasteiger partial charge in [-0.2, -0.15) is 13.2 Å². The van der Waals surface area contributed by atoms with Crippen LogP contribution in [0.1, 0.15) is 12.5 Å². The Morgan fingerprint density at radius 1 is 1.35 bits per heavy atom. The molecule has 0 aliphatic rings. The van der Waals surface area contributed by atoms with Crippen LogP contribution in [0.4, 0.5) is 18.9 Å². The highest BCUT2D eigenvalue weighted by atomic mass is 32.2. The number of sulfonamides is 1. The van der Waals surface area contributed by atoms with E-state index in [9.17, 15) is 26.7 Å². The summed E-state index contributed by atoms with van der Waals surface area (Å²) in [6, 6.07) is 2.00. The number of benzene rings is 1. The Morgan fingerprint density at radius 3 is 2.41 bits per heavy atom. The molecule has 0 aliphatic carbocycles. The summed E-state index contributed by atoms with van der Waals surface area (Å²) in [6.07, 6.45) is -4.60. The molecule has 0 spiro atoms. The molecule has 0 fully saturated rings. The van der Waals surface area contributed by atoms with E-state index in [0.717, 1.165) is 6.07 Å². The van der Waals surface area contributed by atoms with Gasteiger partial charge in [0, 0.05) is 0 Å². The first-order valence-electron chi connectivity index (χ1n) is 4.56. The Kier molecular flexibility index (Phi) is 3.56. The number of rotatable bonds is 3. The maximum atomic E-state index is 12.4. The van der Waals surface area contributed by atoms with E-state index in [4.69, 9.17) is 0 Å². The number of alkyl halides is 3. The predicted molar refractivity (Wildman–Crippen MR) is 56.2 cm³/mol. The van der Waals surface area contributed by atoms with E-state index in [-0.39, 0.29) is 5.75 Å². The molecule has 4 nitrogen and oxygen atoms in total. The molecular weight excluding hydrogens is 259 g/mol. The molecule has 1 aromatic rings. The highest BCUT2D eigenvalue weighted by molar-refractivity contribution is 7.92. The van der Waals surface area contributed by atoms with Gasteiger partial charge in [-0.25, -0.2) is 8.42 Å². The van der Waals surface area contributed by atoms with Crippen LogP contribution in [0.25, 0.3) is 0 Å². The van der Waals surface area contributed by atoms with Gasteiger partial charge in [-0.3, -0.25) is 4.72 Å². The van der Waals surface area contributed by atoms with Crippen LogP contribution in [0.2, 0.25) is 0 Å². The third-order valence-electron chi connectivity index (χ3n) is 1.97. The van der Waals surface area contributed by atoms with Crippen molar-refractivity contribution in [2.24, 2.45) is 0 Å². The fraction of sp³-hybridized carbons (Fsp3) is 0.333. The molecule has 2 N–H and O–H groups in total. The fourth-order valence-corrected chi connectivity index (χ4v) is 1.68. The van der Waals surface area contributed by atoms with Crippen molar-refractivity contribution in [1.82, 2.24) is 0 Å². The second kappa shape index (κ2) is 4.44. The van der Waals surface area contributed by atoms with Crippen LogP contribution in [0.3, 0.4) is 0 Å². The van der Waals surface area contributed by atoms with Crippen LogP contribution in [0.15, 0.2) is 18.2 Å². The van der Waals surface area contributed by atoms with Crippen molar-refractivity contribution in [1.29, 1.82) is 0 Å². The number of phenolic OH excluding ortho intramolecular Hbond substituents is 1. The van der Waals surface area contributed by atoms with Gasteiger partial charge < -0.3 is 5.11 Å². The zero-order valence-corrected chi connectivity index (χ0v) is 9.56. The Balaban J connectivity index is 3.17. The Morgan fingerprint density at radius 2 is 1.94 bits per heavy atom. The van der Waals surface area contributed by atoms with Gasteiger partial charge >= 0.3 is 6.18 Å². The normalized spacial score (nSPS) is 12.5. The Bertz CT molecular complexity index is 511. The van der Waals surface area contributed by atoms with Gasteiger partial charge in [-0.05, 0) is 25.1 Å². The van der Waals surface area contributed by atoms with Gasteiger partial charge in [0.1, 0.15) is 5.75 Å². The summed E-state index contributed by atoms with van der Waals surface area (Å²) in [5.41, 5.74) is -1.52. The lowest BCUT2D eigenvalue weighted by Gasteiger charge is -2.11. The average molecular weight is 269 g/mol. The molecule has 1 aromatic carbocycles. The van der Waals surface area contributed by atoms with E-state index in [1.54, 1.807) is 0 Å². The van der Waals surface area contributed by atoms with E-state index < -0.39 is 33.2 Å². The van der Waals surface area contributed by atoms with Crippen molar-refractivity contribution in [3.63, 3.8) is 0 Å². The van der Waals surface area contributed by atoms with Crippen LogP contribution in [-0.4, -0.2) is 19.3 Å². The lowest BCUT2D eigenvalue weighted by molar-refractivity contribution is -0.137. The van der Waals surface area contributed by atoms with Crippen molar-refractivity contribution >= 4 is 15.7 Å². The molecule has 0 aliphatic heterocycles. The zero-order valence-electron chi connectivity index (χ0n) is 8.75. The van der Waals surface area contributed by atoms with E-state index in [0.29, 0.717) is 12.1 Å². The van der Waals surface area contributed by atoms with Gasteiger partial charge in [0.05, 0.1) is 17.0 Å². The fourth-order valence-electron chi connectivity index (χ4n) is 1.03. The van der Waals surface area contributed by atoms with E-state index in [2.05, 4.69) is 0 Å². The maximum Gasteiger partial charge on any atom is 0.416 e. The zero-order chi connectivity index (χ0) is 13.3. The van der Waals surface area contributed by atoms with Gasteiger partial charge in [-0.1, -0.05) is 0 Å². The molecule has 0 saturated heterocycles. The molecular formula is C9H10F3NO3S. The van der Waals surface area contributed by atoms with Gasteiger partial charge in [0.15, 0.2) is 0 Å². The first-order valence-corrected chi connectivity index (χ1v) is 6.21. The summed E-state index contributed by atoms with van der Waals surface area (Å²) < 4.78 is 61.3. The summed E-state index contributed by atoms with van der Waals surface area (Å²) in [5.74, 6) is -0.863. The molecule has 0 bridgehead atoms. The van der Waals surface area contributed by atoms with E-state index in [1.807, 2.05) is 4.72 Å². The molecule has 0 radical (unpaired) electrons. The first kappa shape index (κ1) is 13.6. The molecule has 8 heteroatoms. The number of hydrogen-bond acceptors (Lipinski definition) is 3. The molecule has 0 atom stereocenters. The van der Waals surface area contributed by atoms with Crippen LogP contribution in [0.5, 0.6) is 5.75 Å². The summed E-state index contributed by atoms with van der Waals surface area (Å²) in [6.45, 7) is 1.33. The van der Waals surface area contributed by atoms with E-state index >= 15 is 0 Å². The molecule has 0 saturated carbocycles. The number of nitrogens with one attached hydrogen (secondary N) is 1. The van der Waals surface area contributed by atoms with Crippen molar-refractivity contribution < 1.29 is 26.7 Å². The first-order chi connectivity index (χ1) is 7.65. The summed E-state index contributed by atoms with van der Waals surface area (Å²) >= 11 is 0. The van der Waals surface area contributed by atoms with Crippen molar-refractivity contribution in [2.75, 3.05) is 10.5 Å². The topological polar surface area (TPSA) is 66.4 Å². The van der Waals surface area contributed by atoms with Crippen LogP contribution in [0, 0.1) is 0 Å². The molecule has 17 heavy (non-hydrogen) atoms. The van der Waals surface area contributed by atoms with E-state index in [1.165, 1.54) is 6.92 Å². The van der Waals surface area contributed by atoms with Gasteiger partial charge in [0.25, 0.3) is 0 Å². The quantitative estimate of drug-likeness (QED) is 0.826. The molecule has 0 unspecified atom stereocenters. The van der Waals surface area contributed by atoms with Gasteiger partial charge in [0.2, 0.25) is 10.0 Å². The molecule has 0 amide bonds. The third-order valence-corrected chi connectivity index (χ3v) is 3.26. The van der Waals surface area contributed by atoms with Crippen molar-refractivity contribution in [3.05, 3.63) is 23.8 Å². The average Bonchev–Trinajstić information content (AvgIpc) is 2.19. The molecule has 1 rings (SSSR count). The number of hydrogen-bond donors (Lipinski definition) is 2. The summed E-state index contributed by atoms with van der Waals surface area (Å²) in [4.78, 5) is 0. The summed E-state index contributed by atoms with van der Waals surface area (Å²) in [7, 11) is -3.73. The van der Waals surface area contributed by atoms with Crippen LogP contribution < -0.4 is 4.72 Å². The number of anilines is 1. The largest absolute Gasteiger partial charge is 0.506 e. The Labute approximate surface area is 96.1 Å². The van der Waals surface area contributed by atoms with Crippen LogP contribution >= 0.6 is 0 Å². The number of halogens is 3. The Hall–Kier alpha value is -1.44. The third kappa shape index (κ3) is 3.52. The lowest BCUT2D eigenvalue weighted by Crippen LogP contribution is -2.15. The van der Waals surface area contributed by atoms with Crippen molar-refractivity contribution in [3.8, 4) is 5.75 Å². The second-order valence-corrected chi connectivity index (χ2v) is 5.25. The number of phenols is 1. The summed E-state index contributed by atoms with van der Waals surface area (Å²) in [5, 5.41) is 9.27. The standard InChI is InChI=1S/C9H10F3NO3S/c1-2-17(15,16)13-7-5-6(9(10,11)12)3-4-8(7)14/h3-5,13-14H,2H2,1H3. The minimum absolute atomic E-state index is 0.303.